The molecule has 1 aliphatic rings. The first-order valence-electron chi connectivity index (χ1n) is 10.5. The third-order valence-electron chi connectivity index (χ3n) is 5.61. The molecule has 7 heteroatoms. The SMILES string of the molecule is Cc1noc(CC(NC2CCCc3nc(-c4ccccc4F)sc32)c2ccccc2)n1. The van der Waals surface area contributed by atoms with Crippen LogP contribution in [-0.2, 0) is 12.8 Å². The van der Waals surface area contributed by atoms with E-state index in [2.05, 4.69) is 27.6 Å². The Morgan fingerprint density at radius 2 is 1.94 bits per heavy atom. The van der Waals surface area contributed by atoms with E-state index in [0.29, 0.717) is 23.7 Å². The van der Waals surface area contributed by atoms with Crippen LogP contribution in [0.25, 0.3) is 10.6 Å². The molecule has 31 heavy (non-hydrogen) atoms. The van der Waals surface area contributed by atoms with Gasteiger partial charge in [0.25, 0.3) is 0 Å². The summed E-state index contributed by atoms with van der Waals surface area (Å²) in [6.45, 7) is 1.83. The van der Waals surface area contributed by atoms with Crippen LogP contribution in [0.2, 0.25) is 0 Å². The Morgan fingerprint density at radius 3 is 2.71 bits per heavy atom. The molecule has 0 radical (unpaired) electrons. The molecule has 4 aromatic rings. The lowest BCUT2D eigenvalue weighted by atomic mass is 9.95. The molecule has 0 fully saturated rings. The Morgan fingerprint density at radius 1 is 1.13 bits per heavy atom. The Bertz CT molecular complexity index is 1170. The van der Waals surface area contributed by atoms with Gasteiger partial charge in [-0.15, -0.1) is 11.3 Å². The number of nitrogens with one attached hydrogen (secondary N) is 1. The molecule has 2 heterocycles. The van der Waals surface area contributed by atoms with Crippen LogP contribution >= 0.6 is 11.3 Å². The molecular formula is C24H23FN4OS. The summed E-state index contributed by atoms with van der Waals surface area (Å²) < 4.78 is 19.7. The van der Waals surface area contributed by atoms with Crippen molar-refractivity contribution in [3.8, 4) is 10.6 Å². The van der Waals surface area contributed by atoms with Gasteiger partial charge >= 0.3 is 0 Å². The average Bonchev–Trinajstić information content (AvgIpc) is 3.40. The highest BCUT2D eigenvalue weighted by Crippen LogP contribution is 2.40. The number of aryl methyl sites for hydroxylation is 2. The predicted molar refractivity (Wildman–Crippen MR) is 118 cm³/mol. The van der Waals surface area contributed by atoms with E-state index in [1.165, 1.54) is 16.5 Å². The van der Waals surface area contributed by atoms with E-state index < -0.39 is 0 Å². The number of nitrogens with zero attached hydrogens (tertiary/aromatic N) is 3. The van der Waals surface area contributed by atoms with Crippen LogP contribution in [0.1, 0.15) is 52.8 Å². The summed E-state index contributed by atoms with van der Waals surface area (Å²) in [7, 11) is 0. The summed E-state index contributed by atoms with van der Waals surface area (Å²) in [5.41, 5.74) is 2.82. The zero-order valence-electron chi connectivity index (χ0n) is 17.2. The molecular weight excluding hydrogens is 411 g/mol. The van der Waals surface area contributed by atoms with Crippen molar-refractivity contribution in [3.05, 3.63) is 88.3 Å². The van der Waals surface area contributed by atoms with Crippen LogP contribution < -0.4 is 5.32 Å². The van der Waals surface area contributed by atoms with E-state index in [0.717, 1.165) is 30.0 Å². The van der Waals surface area contributed by atoms with Crippen molar-refractivity contribution >= 4 is 11.3 Å². The number of aromatic nitrogens is 3. The fourth-order valence-corrected chi connectivity index (χ4v) is 5.36. The van der Waals surface area contributed by atoms with Gasteiger partial charge in [0.1, 0.15) is 10.8 Å². The Hall–Kier alpha value is -2.90. The van der Waals surface area contributed by atoms with Crippen LogP contribution in [0.4, 0.5) is 4.39 Å². The highest BCUT2D eigenvalue weighted by molar-refractivity contribution is 7.15. The van der Waals surface area contributed by atoms with Crippen molar-refractivity contribution in [1.29, 1.82) is 0 Å². The molecule has 0 amide bonds. The van der Waals surface area contributed by atoms with Crippen LogP contribution in [0.15, 0.2) is 59.1 Å². The van der Waals surface area contributed by atoms with Crippen molar-refractivity contribution in [1.82, 2.24) is 20.4 Å². The zero-order chi connectivity index (χ0) is 21.2. The van der Waals surface area contributed by atoms with Gasteiger partial charge in [-0.1, -0.05) is 47.6 Å². The van der Waals surface area contributed by atoms with Gasteiger partial charge in [-0.2, -0.15) is 4.98 Å². The molecule has 2 atom stereocenters. The standard InChI is InChI=1S/C24H23FN4OS/c1-15-26-22(30-29-15)14-21(16-8-3-2-4-9-16)27-19-12-7-13-20-23(19)31-24(28-20)17-10-5-6-11-18(17)25/h2-6,8-11,19,21,27H,7,12-14H2,1H3. The van der Waals surface area contributed by atoms with Gasteiger partial charge in [0.05, 0.1) is 5.69 Å². The minimum absolute atomic E-state index is 0.0241. The number of hydrogen-bond donors (Lipinski definition) is 1. The fourth-order valence-electron chi connectivity index (χ4n) is 4.13. The first-order chi connectivity index (χ1) is 15.2. The third kappa shape index (κ3) is 4.29. The number of benzene rings is 2. The zero-order valence-corrected chi connectivity index (χ0v) is 18.0. The van der Waals surface area contributed by atoms with Gasteiger partial charge in [-0.25, -0.2) is 9.37 Å². The Kier molecular flexibility index (Phi) is 5.61. The maximum Gasteiger partial charge on any atom is 0.228 e. The van der Waals surface area contributed by atoms with Gasteiger partial charge in [0, 0.05) is 28.9 Å². The van der Waals surface area contributed by atoms with E-state index in [1.54, 1.807) is 23.5 Å². The molecule has 2 aromatic heterocycles. The third-order valence-corrected chi connectivity index (χ3v) is 6.85. The summed E-state index contributed by atoms with van der Waals surface area (Å²) in [6.07, 6.45) is 3.59. The van der Waals surface area contributed by atoms with Crippen molar-refractivity contribution in [2.24, 2.45) is 0 Å². The molecule has 0 saturated heterocycles. The highest BCUT2D eigenvalue weighted by atomic mass is 32.1. The normalized spacial score (nSPS) is 16.8. The molecule has 5 rings (SSSR count). The molecule has 0 saturated carbocycles. The van der Waals surface area contributed by atoms with E-state index in [1.807, 2.05) is 31.2 Å². The first kappa shape index (κ1) is 20.0. The van der Waals surface area contributed by atoms with Gasteiger partial charge in [0.15, 0.2) is 5.82 Å². The van der Waals surface area contributed by atoms with Gasteiger partial charge in [-0.3, -0.25) is 0 Å². The maximum atomic E-state index is 14.3. The molecule has 0 spiro atoms. The predicted octanol–water partition coefficient (Wildman–Crippen LogP) is 5.59. The summed E-state index contributed by atoms with van der Waals surface area (Å²) in [5, 5.41) is 8.50. The van der Waals surface area contributed by atoms with E-state index in [9.17, 15) is 4.39 Å². The highest BCUT2D eigenvalue weighted by Gasteiger charge is 2.28. The second kappa shape index (κ2) is 8.69. The quantitative estimate of drug-likeness (QED) is 0.428. The van der Waals surface area contributed by atoms with Gasteiger partial charge < -0.3 is 9.84 Å². The van der Waals surface area contributed by atoms with E-state index in [4.69, 9.17) is 9.51 Å². The lowest BCUT2D eigenvalue weighted by molar-refractivity contribution is 0.337. The largest absolute Gasteiger partial charge is 0.339 e. The average molecular weight is 435 g/mol. The second-order valence-electron chi connectivity index (χ2n) is 7.82. The minimum atomic E-state index is -0.230. The molecule has 0 aliphatic heterocycles. The van der Waals surface area contributed by atoms with Gasteiger partial charge in [-0.05, 0) is 43.9 Å². The van der Waals surface area contributed by atoms with Crippen molar-refractivity contribution in [2.75, 3.05) is 0 Å². The summed E-state index contributed by atoms with van der Waals surface area (Å²) in [6, 6.07) is 17.3. The van der Waals surface area contributed by atoms with Crippen LogP contribution in [-0.4, -0.2) is 15.1 Å². The van der Waals surface area contributed by atoms with Crippen LogP contribution in [0.3, 0.4) is 0 Å². The number of thiazole rings is 1. The lowest BCUT2D eigenvalue weighted by Crippen LogP contribution is -2.30. The number of rotatable bonds is 6. The summed E-state index contributed by atoms with van der Waals surface area (Å²) in [5.74, 6) is 1.03. The molecule has 2 aromatic carbocycles. The molecule has 2 unspecified atom stereocenters. The second-order valence-corrected chi connectivity index (χ2v) is 8.85. The number of fused-ring (bicyclic) bond motifs is 1. The smallest absolute Gasteiger partial charge is 0.228 e. The number of halogens is 1. The molecule has 1 N–H and O–H groups in total. The van der Waals surface area contributed by atoms with Crippen molar-refractivity contribution < 1.29 is 8.91 Å². The molecule has 158 valence electrons. The first-order valence-corrected chi connectivity index (χ1v) is 11.3. The summed E-state index contributed by atoms with van der Waals surface area (Å²) >= 11 is 1.59. The minimum Gasteiger partial charge on any atom is -0.339 e. The van der Waals surface area contributed by atoms with Gasteiger partial charge in [0.2, 0.25) is 5.89 Å². The molecule has 0 bridgehead atoms. The Labute approximate surface area is 184 Å². The van der Waals surface area contributed by atoms with E-state index in [-0.39, 0.29) is 17.9 Å². The van der Waals surface area contributed by atoms with Crippen molar-refractivity contribution in [3.63, 3.8) is 0 Å². The topological polar surface area (TPSA) is 63.8 Å². The van der Waals surface area contributed by atoms with E-state index >= 15 is 0 Å². The monoisotopic (exact) mass is 434 g/mol. The molecule has 5 nitrogen and oxygen atoms in total. The van der Waals surface area contributed by atoms with Crippen LogP contribution in [0.5, 0.6) is 0 Å². The fraction of sp³-hybridized carbons (Fsp3) is 0.292. The summed E-state index contributed by atoms with van der Waals surface area (Å²) in [4.78, 5) is 10.4. The number of hydrogen-bond acceptors (Lipinski definition) is 6. The van der Waals surface area contributed by atoms with Crippen LogP contribution in [0, 0.1) is 12.7 Å². The lowest BCUT2D eigenvalue weighted by Gasteiger charge is -2.28. The van der Waals surface area contributed by atoms with Crippen molar-refractivity contribution in [2.45, 2.75) is 44.7 Å². The Balaban J connectivity index is 1.45. The maximum absolute atomic E-state index is 14.3. The molecule has 1 aliphatic carbocycles.